The maximum absolute atomic E-state index is 4.39. The second kappa shape index (κ2) is 5.80. The average molecular weight is 269 g/mol. The van der Waals surface area contributed by atoms with Crippen molar-refractivity contribution in [3.63, 3.8) is 0 Å². The van der Waals surface area contributed by atoms with Crippen LogP contribution in [0.4, 0.5) is 0 Å². The molecule has 0 aliphatic carbocycles. The van der Waals surface area contributed by atoms with Gasteiger partial charge in [-0.1, -0.05) is 26.0 Å². The molecule has 20 heavy (non-hydrogen) atoms. The normalized spacial score (nSPS) is 16.8. The van der Waals surface area contributed by atoms with E-state index in [9.17, 15) is 0 Å². The third-order valence-corrected chi connectivity index (χ3v) is 4.24. The lowest BCUT2D eigenvalue weighted by Crippen LogP contribution is -2.27. The number of aromatic nitrogens is 2. The highest BCUT2D eigenvalue weighted by Gasteiger charge is 2.19. The molecule has 0 bridgehead atoms. The smallest absolute Gasteiger partial charge is 0.0994 e. The van der Waals surface area contributed by atoms with Crippen LogP contribution >= 0.6 is 0 Å². The third kappa shape index (κ3) is 2.63. The molecule has 1 aromatic carbocycles. The molecule has 1 saturated heterocycles. The van der Waals surface area contributed by atoms with Crippen molar-refractivity contribution in [3.8, 4) is 5.69 Å². The number of imidazole rings is 1. The molecule has 1 fully saturated rings. The van der Waals surface area contributed by atoms with Crippen molar-refractivity contribution < 1.29 is 0 Å². The van der Waals surface area contributed by atoms with E-state index in [1.54, 1.807) is 0 Å². The Kier molecular flexibility index (Phi) is 3.88. The van der Waals surface area contributed by atoms with Crippen LogP contribution in [0.25, 0.3) is 5.69 Å². The topological polar surface area (TPSA) is 29.9 Å². The lowest BCUT2D eigenvalue weighted by atomic mass is 9.94. The molecule has 1 aliphatic heterocycles. The molecule has 1 aliphatic rings. The van der Waals surface area contributed by atoms with Gasteiger partial charge in [0.1, 0.15) is 0 Å². The van der Waals surface area contributed by atoms with Crippen molar-refractivity contribution >= 4 is 0 Å². The first-order valence-corrected chi connectivity index (χ1v) is 7.59. The zero-order valence-electron chi connectivity index (χ0n) is 12.3. The van der Waals surface area contributed by atoms with E-state index < -0.39 is 0 Å². The Hall–Kier alpha value is -1.61. The standard InChI is InChI=1S/C17H23N3/c1-13(2)15-4-3-5-16(10-15)20-12-19-11-17(20)14-6-8-18-9-7-14/h3-5,10-14,18H,6-9H2,1-2H3. The fraction of sp³-hybridized carbons (Fsp3) is 0.471. The Labute approximate surface area is 121 Å². The first kappa shape index (κ1) is 13.4. The predicted octanol–water partition coefficient (Wildman–Crippen LogP) is 3.46. The van der Waals surface area contributed by atoms with Crippen molar-refractivity contribution in [1.82, 2.24) is 14.9 Å². The highest BCUT2D eigenvalue weighted by Crippen LogP contribution is 2.28. The van der Waals surface area contributed by atoms with Crippen LogP contribution in [0.1, 0.15) is 49.8 Å². The highest BCUT2D eigenvalue weighted by atomic mass is 15.1. The summed E-state index contributed by atoms with van der Waals surface area (Å²) >= 11 is 0. The van der Waals surface area contributed by atoms with Crippen LogP contribution in [-0.4, -0.2) is 22.6 Å². The number of benzene rings is 1. The Morgan fingerprint density at radius 1 is 1.25 bits per heavy atom. The average Bonchev–Trinajstić information content (AvgIpc) is 2.98. The van der Waals surface area contributed by atoms with Gasteiger partial charge in [0.25, 0.3) is 0 Å². The van der Waals surface area contributed by atoms with Gasteiger partial charge in [-0.05, 0) is 49.5 Å². The number of nitrogens with one attached hydrogen (secondary N) is 1. The fourth-order valence-corrected chi connectivity index (χ4v) is 2.97. The number of hydrogen-bond acceptors (Lipinski definition) is 2. The van der Waals surface area contributed by atoms with Crippen molar-refractivity contribution in [3.05, 3.63) is 48.0 Å². The van der Waals surface area contributed by atoms with Crippen molar-refractivity contribution in [2.45, 2.75) is 38.5 Å². The van der Waals surface area contributed by atoms with Gasteiger partial charge in [-0.2, -0.15) is 0 Å². The molecule has 0 saturated carbocycles. The van der Waals surface area contributed by atoms with Gasteiger partial charge in [0, 0.05) is 23.5 Å². The van der Waals surface area contributed by atoms with E-state index in [0.29, 0.717) is 11.8 Å². The van der Waals surface area contributed by atoms with Crippen LogP contribution in [0.15, 0.2) is 36.8 Å². The van der Waals surface area contributed by atoms with Crippen molar-refractivity contribution in [1.29, 1.82) is 0 Å². The minimum Gasteiger partial charge on any atom is -0.317 e. The van der Waals surface area contributed by atoms with Crippen LogP contribution < -0.4 is 5.32 Å². The quantitative estimate of drug-likeness (QED) is 0.924. The van der Waals surface area contributed by atoms with Crippen LogP contribution in [0.3, 0.4) is 0 Å². The molecule has 1 aromatic heterocycles. The van der Waals surface area contributed by atoms with Gasteiger partial charge >= 0.3 is 0 Å². The van der Waals surface area contributed by atoms with Crippen LogP contribution in [0.2, 0.25) is 0 Å². The van der Waals surface area contributed by atoms with E-state index in [4.69, 9.17) is 0 Å². The molecule has 2 heterocycles. The Balaban J connectivity index is 1.94. The summed E-state index contributed by atoms with van der Waals surface area (Å²) in [6.07, 6.45) is 6.40. The van der Waals surface area contributed by atoms with Gasteiger partial charge in [-0.15, -0.1) is 0 Å². The lowest BCUT2D eigenvalue weighted by molar-refractivity contribution is 0.449. The molecular weight excluding hydrogens is 246 g/mol. The predicted molar refractivity (Wildman–Crippen MR) is 82.5 cm³/mol. The molecule has 3 heteroatoms. The number of nitrogens with zero attached hydrogens (tertiary/aromatic N) is 2. The molecular formula is C17H23N3. The second-order valence-corrected chi connectivity index (χ2v) is 5.96. The van der Waals surface area contributed by atoms with Crippen molar-refractivity contribution in [2.24, 2.45) is 0 Å². The summed E-state index contributed by atoms with van der Waals surface area (Å²) in [6.45, 7) is 6.70. The highest BCUT2D eigenvalue weighted by molar-refractivity contribution is 5.39. The SMILES string of the molecule is CC(C)c1cccc(-n2cncc2C2CCNCC2)c1. The van der Waals surface area contributed by atoms with Gasteiger partial charge < -0.3 is 9.88 Å². The monoisotopic (exact) mass is 269 g/mol. The van der Waals surface area contributed by atoms with Gasteiger partial charge in [-0.25, -0.2) is 4.98 Å². The van der Waals surface area contributed by atoms with E-state index >= 15 is 0 Å². The van der Waals surface area contributed by atoms with Crippen molar-refractivity contribution in [2.75, 3.05) is 13.1 Å². The van der Waals surface area contributed by atoms with Crippen LogP contribution in [0, 0.1) is 0 Å². The van der Waals surface area contributed by atoms with E-state index in [0.717, 1.165) is 13.1 Å². The zero-order valence-corrected chi connectivity index (χ0v) is 12.3. The maximum Gasteiger partial charge on any atom is 0.0994 e. The van der Waals surface area contributed by atoms with E-state index in [-0.39, 0.29) is 0 Å². The third-order valence-electron chi connectivity index (χ3n) is 4.24. The fourth-order valence-electron chi connectivity index (χ4n) is 2.97. The molecule has 0 radical (unpaired) electrons. The van der Waals surface area contributed by atoms with Gasteiger partial charge in [0.2, 0.25) is 0 Å². The molecule has 0 atom stereocenters. The molecule has 0 unspecified atom stereocenters. The first-order chi connectivity index (χ1) is 9.75. The second-order valence-electron chi connectivity index (χ2n) is 5.96. The van der Waals surface area contributed by atoms with Gasteiger partial charge in [-0.3, -0.25) is 0 Å². The summed E-state index contributed by atoms with van der Waals surface area (Å²) in [5.41, 5.74) is 3.97. The summed E-state index contributed by atoms with van der Waals surface area (Å²) in [6, 6.07) is 8.82. The van der Waals surface area contributed by atoms with Crippen LogP contribution in [-0.2, 0) is 0 Å². The summed E-state index contributed by atoms with van der Waals surface area (Å²) in [4.78, 5) is 4.39. The summed E-state index contributed by atoms with van der Waals surface area (Å²) in [7, 11) is 0. The largest absolute Gasteiger partial charge is 0.317 e. The number of rotatable bonds is 3. The Morgan fingerprint density at radius 2 is 2.05 bits per heavy atom. The van der Waals surface area contributed by atoms with Crippen LogP contribution in [0.5, 0.6) is 0 Å². The van der Waals surface area contributed by atoms with E-state index in [1.165, 1.54) is 29.8 Å². The summed E-state index contributed by atoms with van der Waals surface area (Å²) < 4.78 is 2.27. The molecule has 0 spiro atoms. The molecule has 3 rings (SSSR count). The Morgan fingerprint density at radius 3 is 2.80 bits per heavy atom. The minimum atomic E-state index is 0.556. The van der Waals surface area contributed by atoms with Gasteiger partial charge in [0.15, 0.2) is 0 Å². The lowest BCUT2D eigenvalue weighted by Gasteiger charge is -2.24. The maximum atomic E-state index is 4.39. The molecule has 2 aromatic rings. The number of piperidine rings is 1. The molecule has 106 valence electrons. The molecule has 0 amide bonds. The number of hydrogen-bond donors (Lipinski definition) is 1. The summed E-state index contributed by atoms with van der Waals surface area (Å²) in [5, 5.41) is 3.43. The zero-order chi connectivity index (χ0) is 13.9. The first-order valence-electron chi connectivity index (χ1n) is 7.59. The minimum absolute atomic E-state index is 0.556. The van der Waals surface area contributed by atoms with Gasteiger partial charge in [0.05, 0.1) is 6.33 Å². The molecule has 3 nitrogen and oxygen atoms in total. The van der Waals surface area contributed by atoms with E-state index in [2.05, 4.69) is 53.0 Å². The molecule has 1 N–H and O–H groups in total. The summed E-state index contributed by atoms with van der Waals surface area (Å²) in [5.74, 6) is 1.18. The Bertz CT molecular complexity index is 565. The van der Waals surface area contributed by atoms with E-state index in [1.807, 2.05) is 12.5 Å².